The van der Waals surface area contributed by atoms with E-state index in [0.717, 1.165) is 16.8 Å². The highest BCUT2D eigenvalue weighted by molar-refractivity contribution is 6.30. The van der Waals surface area contributed by atoms with E-state index in [2.05, 4.69) is 0 Å². The van der Waals surface area contributed by atoms with Gasteiger partial charge in [0.15, 0.2) is 0 Å². The number of methoxy groups -OCH3 is 1. The molecule has 0 aliphatic carbocycles. The van der Waals surface area contributed by atoms with Crippen LogP contribution < -0.4 is 5.56 Å². The molecule has 4 nitrogen and oxygen atoms in total. The van der Waals surface area contributed by atoms with E-state index in [1.54, 1.807) is 19.1 Å². The topological polar surface area (TPSA) is 48.3 Å². The fraction of sp³-hybridized carbons (Fsp3) is 0.250. The molecule has 0 aliphatic rings. The van der Waals surface area contributed by atoms with E-state index >= 15 is 0 Å². The van der Waals surface area contributed by atoms with Gasteiger partial charge in [-0.2, -0.15) is 0 Å². The lowest BCUT2D eigenvalue weighted by atomic mass is 10.1. The number of carbonyl (C=O) groups excluding carboxylic acids is 1. The van der Waals surface area contributed by atoms with Crippen molar-refractivity contribution < 1.29 is 9.53 Å². The van der Waals surface area contributed by atoms with Crippen LogP contribution in [-0.2, 0) is 4.74 Å². The van der Waals surface area contributed by atoms with Crippen molar-refractivity contribution in [2.24, 2.45) is 0 Å². The average Bonchev–Trinajstić information content (AvgIpc) is 2.40. The zero-order chi connectivity index (χ0) is 15.7. The van der Waals surface area contributed by atoms with E-state index in [4.69, 9.17) is 16.3 Å². The van der Waals surface area contributed by atoms with Crippen molar-refractivity contribution in [3.8, 4) is 5.69 Å². The third kappa shape index (κ3) is 2.72. The van der Waals surface area contributed by atoms with Crippen LogP contribution in [0.15, 0.2) is 29.1 Å². The summed E-state index contributed by atoms with van der Waals surface area (Å²) in [7, 11) is 1.32. The first kappa shape index (κ1) is 15.3. The Morgan fingerprint density at radius 1 is 1.14 bits per heavy atom. The van der Waals surface area contributed by atoms with Gasteiger partial charge in [-0.05, 0) is 50.1 Å². The first-order valence-corrected chi connectivity index (χ1v) is 6.82. The monoisotopic (exact) mass is 305 g/mol. The Labute approximate surface area is 127 Å². The molecule has 0 N–H and O–H groups in total. The first-order valence-electron chi connectivity index (χ1n) is 6.45. The Morgan fingerprint density at radius 3 is 2.24 bits per heavy atom. The Bertz CT molecular complexity index is 755. The summed E-state index contributed by atoms with van der Waals surface area (Å²) in [6, 6.07) is 6.44. The van der Waals surface area contributed by atoms with Gasteiger partial charge in [0.05, 0.1) is 18.4 Å². The lowest BCUT2D eigenvalue weighted by molar-refractivity contribution is 0.0599. The van der Waals surface area contributed by atoms with Crippen molar-refractivity contribution in [1.82, 2.24) is 4.57 Å². The van der Waals surface area contributed by atoms with Crippen LogP contribution in [0.4, 0.5) is 0 Å². The number of pyridine rings is 1. The quantitative estimate of drug-likeness (QED) is 0.801. The molecule has 0 saturated heterocycles. The second-order valence-electron chi connectivity index (χ2n) is 4.89. The minimum atomic E-state index is -0.467. The van der Waals surface area contributed by atoms with Gasteiger partial charge in [-0.15, -0.1) is 0 Å². The number of aryl methyl sites for hydroxylation is 2. The van der Waals surface area contributed by atoms with Gasteiger partial charge in [0.25, 0.3) is 5.56 Å². The Kier molecular flexibility index (Phi) is 4.19. The Hall–Kier alpha value is -2.07. The SMILES string of the molecule is COC(=O)c1ccc(=O)n(-c2c(C)cc(Cl)cc2C)c1C. The van der Waals surface area contributed by atoms with Crippen LogP contribution >= 0.6 is 11.6 Å². The number of hydrogen-bond donors (Lipinski definition) is 0. The van der Waals surface area contributed by atoms with Gasteiger partial charge < -0.3 is 4.74 Å². The van der Waals surface area contributed by atoms with Crippen LogP contribution in [0.5, 0.6) is 0 Å². The maximum atomic E-state index is 12.3. The molecule has 110 valence electrons. The molecule has 0 spiro atoms. The van der Waals surface area contributed by atoms with Gasteiger partial charge >= 0.3 is 5.97 Å². The number of benzene rings is 1. The molecule has 1 heterocycles. The molecule has 5 heteroatoms. The molecule has 0 fully saturated rings. The van der Waals surface area contributed by atoms with E-state index in [1.807, 2.05) is 13.8 Å². The molecule has 21 heavy (non-hydrogen) atoms. The second-order valence-corrected chi connectivity index (χ2v) is 5.32. The third-order valence-corrected chi connectivity index (χ3v) is 3.64. The van der Waals surface area contributed by atoms with Crippen molar-refractivity contribution in [2.45, 2.75) is 20.8 Å². The third-order valence-electron chi connectivity index (χ3n) is 3.42. The number of esters is 1. The summed E-state index contributed by atoms with van der Waals surface area (Å²) in [6.45, 7) is 5.48. The van der Waals surface area contributed by atoms with E-state index in [1.165, 1.54) is 23.8 Å². The average molecular weight is 306 g/mol. The molecule has 0 atom stereocenters. The molecule has 2 aromatic rings. The number of ether oxygens (including phenoxy) is 1. The fourth-order valence-corrected chi connectivity index (χ4v) is 2.82. The molecule has 0 radical (unpaired) electrons. The van der Waals surface area contributed by atoms with Crippen molar-refractivity contribution in [3.05, 3.63) is 62.0 Å². The molecule has 0 aliphatic heterocycles. The number of hydrogen-bond acceptors (Lipinski definition) is 3. The van der Waals surface area contributed by atoms with Gasteiger partial charge in [-0.1, -0.05) is 11.6 Å². The maximum absolute atomic E-state index is 12.3. The van der Waals surface area contributed by atoms with Crippen LogP contribution in [0, 0.1) is 20.8 Å². The normalized spacial score (nSPS) is 10.5. The minimum Gasteiger partial charge on any atom is -0.465 e. The summed E-state index contributed by atoms with van der Waals surface area (Å²) < 4.78 is 6.27. The second kappa shape index (κ2) is 5.74. The van der Waals surface area contributed by atoms with Crippen LogP contribution in [0.25, 0.3) is 5.69 Å². The zero-order valence-electron chi connectivity index (χ0n) is 12.4. The lowest BCUT2D eigenvalue weighted by Gasteiger charge is -2.17. The summed E-state index contributed by atoms with van der Waals surface area (Å²) in [5, 5.41) is 0.614. The maximum Gasteiger partial charge on any atom is 0.339 e. The molecule has 1 aromatic heterocycles. The van der Waals surface area contributed by atoms with E-state index in [9.17, 15) is 9.59 Å². The lowest BCUT2D eigenvalue weighted by Crippen LogP contribution is -2.24. The van der Waals surface area contributed by atoms with Crippen LogP contribution in [0.2, 0.25) is 5.02 Å². The van der Waals surface area contributed by atoms with Crippen molar-refractivity contribution in [3.63, 3.8) is 0 Å². The van der Waals surface area contributed by atoms with Crippen LogP contribution in [0.3, 0.4) is 0 Å². The summed E-state index contributed by atoms with van der Waals surface area (Å²) in [5.41, 5.74) is 3.19. The van der Waals surface area contributed by atoms with E-state index in [0.29, 0.717) is 16.3 Å². The summed E-state index contributed by atoms with van der Waals surface area (Å²) in [6.07, 6.45) is 0. The number of carbonyl (C=O) groups is 1. The number of halogens is 1. The molecule has 0 amide bonds. The highest BCUT2D eigenvalue weighted by Gasteiger charge is 2.17. The molecule has 0 saturated carbocycles. The Balaban J connectivity index is 2.82. The van der Waals surface area contributed by atoms with Crippen molar-refractivity contribution >= 4 is 17.6 Å². The number of rotatable bonds is 2. The van der Waals surface area contributed by atoms with Crippen LogP contribution in [-0.4, -0.2) is 17.6 Å². The molecular formula is C16H16ClNO3. The van der Waals surface area contributed by atoms with Gasteiger partial charge in [0, 0.05) is 16.8 Å². The van der Waals surface area contributed by atoms with Gasteiger partial charge in [0.2, 0.25) is 0 Å². The molecule has 0 bridgehead atoms. The smallest absolute Gasteiger partial charge is 0.339 e. The summed E-state index contributed by atoms with van der Waals surface area (Å²) >= 11 is 6.03. The standard InChI is InChI=1S/C16H16ClNO3/c1-9-7-12(17)8-10(2)15(9)18-11(3)13(16(20)21-4)5-6-14(18)19/h5-8H,1-4H3. The summed E-state index contributed by atoms with van der Waals surface area (Å²) in [5.74, 6) is -0.467. The van der Waals surface area contributed by atoms with Gasteiger partial charge in [-0.25, -0.2) is 4.79 Å². The zero-order valence-corrected chi connectivity index (χ0v) is 13.1. The number of nitrogens with zero attached hydrogens (tertiary/aromatic N) is 1. The molecule has 0 unspecified atom stereocenters. The van der Waals surface area contributed by atoms with E-state index < -0.39 is 5.97 Å². The van der Waals surface area contributed by atoms with Crippen LogP contribution in [0.1, 0.15) is 27.2 Å². The predicted molar refractivity (Wildman–Crippen MR) is 82.6 cm³/mol. The van der Waals surface area contributed by atoms with Gasteiger partial charge in [0.1, 0.15) is 0 Å². The molecule has 1 aromatic carbocycles. The molecular weight excluding hydrogens is 290 g/mol. The fourth-order valence-electron chi connectivity index (χ4n) is 2.49. The number of aromatic nitrogens is 1. The van der Waals surface area contributed by atoms with E-state index in [-0.39, 0.29) is 5.56 Å². The molecule has 2 rings (SSSR count). The Morgan fingerprint density at radius 2 is 1.71 bits per heavy atom. The van der Waals surface area contributed by atoms with Gasteiger partial charge in [-0.3, -0.25) is 9.36 Å². The highest BCUT2D eigenvalue weighted by atomic mass is 35.5. The van der Waals surface area contributed by atoms with Crippen molar-refractivity contribution in [2.75, 3.05) is 7.11 Å². The largest absolute Gasteiger partial charge is 0.465 e. The summed E-state index contributed by atoms with van der Waals surface area (Å²) in [4.78, 5) is 24.1. The van der Waals surface area contributed by atoms with Crippen molar-refractivity contribution in [1.29, 1.82) is 0 Å². The predicted octanol–water partition coefficient (Wildman–Crippen LogP) is 3.20. The minimum absolute atomic E-state index is 0.200. The highest BCUT2D eigenvalue weighted by Crippen LogP contribution is 2.24. The first-order chi connectivity index (χ1) is 9.86.